The lowest BCUT2D eigenvalue weighted by molar-refractivity contribution is -0.113. The van der Waals surface area contributed by atoms with E-state index in [0.29, 0.717) is 33.6 Å². The number of hydrogen-bond donors (Lipinski definition) is 3. The fourth-order valence-corrected chi connectivity index (χ4v) is 4.55. The molecule has 1 amide bonds. The Morgan fingerprint density at radius 1 is 1.30 bits per heavy atom. The summed E-state index contributed by atoms with van der Waals surface area (Å²) in [5, 5.41) is 11.6. The van der Waals surface area contributed by atoms with Gasteiger partial charge in [0.05, 0.1) is 31.5 Å². The van der Waals surface area contributed by atoms with E-state index < -0.39 is 0 Å². The highest BCUT2D eigenvalue weighted by Gasteiger charge is 2.31. The Kier molecular flexibility index (Phi) is 6.03. The van der Waals surface area contributed by atoms with Crippen LogP contribution in [0.3, 0.4) is 0 Å². The zero-order chi connectivity index (χ0) is 19.6. The van der Waals surface area contributed by atoms with Gasteiger partial charge in [0.25, 0.3) is 5.91 Å². The number of methoxy groups -OCH3 is 2. The van der Waals surface area contributed by atoms with Crippen molar-refractivity contribution in [1.29, 1.82) is 0 Å². The third kappa shape index (κ3) is 4.26. The summed E-state index contributed by atoms with van der Waals surface area (Å²) in [6.07, 6.45) is 0. The molecule has 6 nitrogen and oxygen atoms in total. The van der Waals surface area contributed by atoms with Crippen LogP contribution in [0.1, 0.15) is 17.8 Å². The molecule has 1 aliphatic rings. The number of anilines is 1. The highest BCUT2D eigenvalue weighted by Crippen LogP contribution is 2.35. The van der Waals surface area contributed by atoms with Crippen molar-refractivity contribution in [2.75, 3.05) is 19.5 Å². The smallest absolute Gasteiger partial charge is 0.255 e. The number of carbonyl (C=O) groups excluding carboxylic acids is 1. The summed E-state index contributed by atoms with van der Waals surface area (Å²) in [6.45, 7) is 1.84. The second-order valence-electron chi connectivity index (χ2n) is 5.76. The van der Waals surface area contributed by atoms with Crippen LogP contribution in [0.2, 0.25) is 0 Å². The zero-order valence-corrected chi connectivity index (χ0v) is 18.1. The highest BCUT2D eigenvalue weighted by molar-refractivity contribution is 9.10. The van der Waals surface area contributed by atoms with Crippen molar-refractivity contribution in [3.05, 3.63) is 50.3 Å². The van der Waals surface area contributed by atoms with E-state index >= 15 is 0 Å². The molecule has 3 rings (SSSR count). The molecule has 27 heavy (non-hydrogen) atoms. The predicted molar refractivity (Wildman–Crippen MR) is 115 cm³/mol. The van der Waals surface area contributed by atoms with Gasteiger partial charge in [0, 0.05) is 26.5 Å². The van der Waals surface area contributed by atoms with E-state index in [-0.39, 0.29) is 11.9 Å². The molecule has 2 aromatic rings. The second-order valence-corrected chi connectivity index (χ2v) is 8.02. The Hall–Kier alpha value is -2.10. The molecule has 9 heteroatoms. The van der Waals surface area contributed by atoms with Gasteiger partial charge in [-0.05, 0) is 53.3 Å². The number of ether oxygens (including phenoxy) is 2. The Balaban J connectivity index is 1.93. The molecular weight excluding hydrogens is 450 g/mol. The zero-order valence-electron chi connectivity index (χ0n) is 14.9. The number of nitrogens with one attached hydrogen (secondary N) is 3. The fraction of sp³-hybridized carbons (Fsp3) is 0.222. The first-order chi connectivity index (χ1) is 12.9. The van der Waals surface area contributed by atoms with Crippen molar-refractivity contribution < 1.29 is 14.3 Å². The number of thiocarbonyl (C=S) groups is 1. The Bertz CT molecular complexity index is 926. The lowest BCUT2D eigenvalue weighted by Crippen LogP contribution is -2.45. The van der Waals surface area contributed by atoms with Crippen LogP contribution < -0.4 is 25.4 Å². The van der Waals surface area contributed by atoms with Crippen LogP contribution in [0.15, 0.2) is 45.4 Å². The molecule has 0 saturated heterocycles. The molecule has 1 atom stereocenters. The summed E-state index contributed by atoms with van der Waals surface area (Å²) < 4.78 is 11.5. The Morgan fingerprint density at radius 3 is 2.70 bits per heavy atom. The van der Waals surface area contributed by atoms with Crippen molar-refractivity contribution in [2.24, 2.45) is 0 Å². The van der Waals surface area contributed by atoms with Gasteiger partial charge in [0.2, 0.25) is 0 Å². The quantitative estimate of drug-likeness (QED) is 0.578. The second kappa shape index (κ2) is 8.28. The summed E-state index contributed by atoms with van der Waals surface area (Å²) in [7, 11) is 3.12. The fourth-order valence-electron chi connectivity index (χ4n) is 2.78. The number of amides is 1. The lowest BCUT2D eigenvalue weighted by Gasteiger charge is -2.29. The molecule has 1 aromatic carbocycles. The molecular formula is C18H18BrN3O3S2. The van der Waals surface area contributed by atoms with Gasteiger partial charge in [-0.1, -0.05) is 0 Å². The van der Waals surface area contributed by atoms with Crippen LogP contribution >= 0.6 is 39.5 Å². The van der Waals surface area contributed by atoms with Gasteiger partial charge in [0.15, 0.2) is 5.11 Å². The molecule has 1 aliphatic heterocycles. The summed E-state index contributed by atoms with van der Waals surface area (Å²) in [5.41, 5.74) is 1.83. The van der Waals surface area contributed by atoms with Crippen molar-refractivity contribution in [1.82, 2.24) is 10.6 Å². The number of thiophene rings is 1. The van der Waals surface area contributed by atoms with Gasteiger partial charge in [-0.3, -0.25) is 4.79 Å². The normalized spacial score (nSPS) is 16.4. The van der Waals surface area contributed by atoms with Crippen molar-refractivity contribution in [2.45, 2.75) is 13.0 Å². The average molecular weight is 468 g/mol. The van der Waals surface area contributed by atoms with Gasteiger partial charge in [-0.15, -0.1) is 11.3 Å². The van der Waals surface area contributed by atoms with E-state index in [1.165, 1.54) is 0 Å². The van der Waals surface area contributed by atoms with Gasteiger partial charge >= 0.3 is 0 Å². The van der Waals surface area contributed by atoms with Gasteiger partial charge in [0.1, 0.15) is 11.5 Å². The number of allylic oxidation sites excluding steroid dienone is 1. The summed E-state index contributed by atoms with van der Waals surface area (Å²) >= 11 is 10.3. The lowest BCUT2D eigenvalue weighted by atomic mass is 10.0. The highest BCUT2D eigenvalue weighted by atomic mass is 79.9. The minimum Gasteiger partial charge on any atom is -0.497 e. The van der Waals surface area contributed by atoms with E-state index in [0.717, 1.165) is 9.35 Å². The summed E-state index contributed by atoms with van der Waals surface area (Å²) in [4.78, 5) is 14.1. The molecule has 0 saturated carbocycles. The van der Waals surface area contributed by atoms with E-state index in [1.54, 1.807) is 43.8 Å². The molecule has 3 N–H and O–H groups in total. The molecule has 0 aliphatic carbocycles. The van der Waals surface area contributed by atoms with Crippen LogP contribution in [0.25, 0.3) is 0 Å². The minimum absolute atomic E-state index is 0.243. The SMILES string of the molecule is COc1ccc(NC(=O)C2=C(C)NC(=S)NC2c2cc(Br)cs2)c(OC)c1. The van der Waals surface area contributed by atoms with Gasteiger partial charge in [-0.2, -0.15) is 0 Å². The maximum absolute atomic E-state index is 13.1. The third-order valence-electron chi connectivity index (χ3n) is 4.04. The first kappa shape index (κ1) is 19.7. The average Bonchev–Trinajstić information content (AvgIpc) is 3.07. The molecule has 0 spiro atoms. The summed E-state index contributed by atoms with van der Waals surface area (Å²) in [5.74, 6) is 0.921. The van der Waals surface area contributed by atoms with E-state index in [1.807, 2.05) is 18.4 Å². The molecule has 0 bridgehead atoms. The maximum Gasteiger partial charge on any atom is 0.255 e. The van der Waals surface area contributed by atoms with E-state index in [4.69, 9.17) is 21.7 Å². The number of halogens is 1. The molecule has 0 fully saturated rings. The molecule has 0 radical (unpaired) electrons. The van der Waals surface area contributed by atoms with Crippen molar-refractivity contribution in [3.8, 4) is 11.5 Å². The third-order valence-corrected chi connectivity index (χ3v) is 6.02. The van der Waals surface area contributed by atoms with Crippen LogP contribution in [-0.4, -0.2) is 25.2 Å². The van der Waals surface area contributed by atoms with Gasteiger partial charge in [-0.25, -0.2) is 0 Å². The molecule has 142 valence electrons. The first-order valence-electron chi connectivity index (χ1n) is 7.98. The number of benzene rings is 1. The Morgan fingerprint density at radius 2 is 2.07 bits per heavy atom. The predicted octanol–water partition coefficient (Wildman–Crippen LogP) is 3.96. The number of carbonyl (C=O) groups is 1. The standard InChI is InChI=1S/C18H18BrN3O3S2/c1-9-15(16(22-18(26)20-9)14-6-10(19)8-27-14)17(23)21-12-5-4-11(24-2)7-13(12)25-3/h4-8,16H,1-3H3,(H,21,23)(H2,20,22,26). The van der Waals surface area contributed by atoms with Crippen LogP contribution in [0.4, 0.5) is 5.69 Å². The van der Waals surface area contributed by atoms with Crippen LogP contribution in [-0.2, 0) is 4.79 Å². The Labute approximate surface area is 175 Å². The van der Waals surface area contributed by atoms with Crippen molar-refractivity contribution in [3.63, 3.8) is 0 Å². The van der Waals surface area contributed by atoms with Crippen LogP contribution in [0, 0.1) is 0 Å². The van der Waals surface area contributed by atoms with Gasteiger partial charge < -0.3 is 25.4 Å². The van der Waals surface area contributed by atoms with E-state index in [9.17, 15) is 4.79 Å². The number of hydrogen-bond acceptors (Lipinski definition) is 5. The van der Waals surface area contributed by atoms with Crippen molar-refractivity contribution >= 4 is 56.2 Å². The monoisotopic (exact) mass is 467 g/mol. The topological polar surface area (TPSA) is 71.6 Å². The largest absolute Gasteiger partial charge is 0.497 e. The van der Waals surface area contributed by atoms with Crippen LogP contribution in [0.5, 0.6) is 11.5 Å². The maximum atomic E-state index is 13.1. The molecule has 2 heterocycles. The minimum atomic E-state index is -0.334. The molecule has 1 aromatic heterocycles. The number of rotatable bonds is 5. The summed E-state index contributed by atoms with van der Waals surface area (Å²) in [6, 6.07) is 6.87. The van der Waals surface area contributed by atoms with E-state index in [2.05, 4.69) is 31.9 Å². The first-order valence-corrected chi connectivity index (χ1v) is 10.1. The molecule has 1 unspecified atom stereocenters.